The van der Waals surface area contributed by atoms with Gasteiger partial charge in [0.1, 0.15) is 0 Å². The number of rotatable bonds is 5. The Morgan fingerprint density at radius 1 is 1.19 bits per heavy atom. The van der Waals surface area contributed by atoms with Crippen LogP contribution in [0.2, 0.25) is 0 Å². The summed E-state index contributed by atoms with van der Waals surface area (Å²) >= 11 is 0. The van der Waals surface area contributed by atoms with Gasteiger partial charge in [0.15, 0.2) is 6.10 Å². The first-order valence-corrected chi connectivity index (χ1v) is 6.75. The van der Waals surface area contributed by atoms with E-state index in [1.807, 2.05) is 24.4 Å². The molecule has 6 heteroatoms. The second-order valence-electron chi connectivity index (χ2n) is 4.97. The third-order valence-electron chi connectivity index (χ3n) is 2.94. The van der Waals surface area contributed by atoms with Gasteiger partial charge < -0.3 is 10.5 Å². The van der Waals surface area contributed by atoms with Crippen LogP contribution in [-0.2, 0) is 16.0 Å². The number of primary amides is 1. The normalized spacial score (nSPS) is 11.8. The van der Waals surface area contributed by atoms with Crippen molar-refractivity contribution in [3.8, 4) is 0 Å². The van der Waals surface area contributed by atoms with Gasteiger partial charge in [0.2, 0.25) is 0 Å². The summed E-state index contributed by atoms with van der Waals surface area (Å²) in [6.07, 6.45) is -0.207. The molecule has 1 rings (SSSR count). The monoisotopic (exact) mass is 292 g/mol. The van der Waals surface area contributed by atoms with Crippen molar-refractivity contribution in [3.63, 3.8) is 0 Å². The maximum atomic E-state index is 12.0. The largest absolute Gasteiger partial charge is 0.448 e. The highest BCUT2D eigenvalue weighted by Gasteiger charge is 2.27. The Morgan fingerprint density at radius 3 is 2.19 bits per heavy atom. The van der Waals surface area contributed by atoms with Gasteiger partial charge in [-0.1, -0.05) is 32.9 Å². The molecule has 1 aromatic carbocycles. The van der Waals surface area contributed by atoms with Crippen LogP contribution in [-0.4, -0.2) is 24.0 Å². The molecule has 6 nitrogen and oxygen atoms in total. The lowest BCUT2D eigenvalue weighted by Gasteiger charge is -2.19. The maximum Gasteiger partial charge on any atom is 0.338 e. The number of nitrogens with two attached hydrogens (primary N) is 1. The van der Waals surface area contributed by atoms with Crippen LogP contribution < -0.4 is 11.1 Å². The standard InChI is InChI=1S/C15H20N2O4/c1-4-10-5-7-11(8-6-10)14(19)21-12(9(2)3)13(18)17-15(16)20/h5-9,12H,4H2,1-3H3,(H3,16,17,18,20)/t12-/m0/s1. The van der Waals surface area contributed by atoms with Gasteiger partial charge in [0.05, 0.1) is 5.56 Å². The SMILES string of the molecule is CCc1ccc(C(=O)O[C@H](C(=O)NC(N)=O)C(C)C)cc1. The molecule has 1 atom stereocenters. The van der Waals surface area contributed by atoms with Crippen molar-refractivity contribution in [3.05, 3.63) is 35.4 Å². The zero-order valence-electron chi connectivity index (χ0n) is 12.4. The van der Waals surface area contributed by atoms with Gasteiger partial charge >= 0.3 is 12.0 Å². The molecule has 0 aliphatic heterocycles. The van der Waals surface area contributed by atoms with E-state index in [-0.39, 0.29) is 5.92 Å². The van der Waals surface area contributed by atoms with Gasteiger partial charge in [-0.2, -0.15) is 0 Å². The molecule has 0 aliphatic rings. The fraction of sp³-hybridized carbons (Fsp3) is 0.400. The van der Waals surface area contributed by atoms with Crippen LogP contribution >= 0.6 is 0 Å². The number of hydrogen-bond acceptors (Lipinski definition) is 4. The minimum Gasteiger partial charge on any atom is -0.448 e. The van der Waals surface area contributed by atoms with Gasteiger partial charge in [-0.05, 0) is 30.0 Å². The molecule has 0 unspecified atom stereocenters. The van der Waals surface area contributed by atoms with E-state index in [0.717, 1.165) is 12.0 Å². The Balaban J connectivity index is 2.80. The number of carbonyl (C=O) groups excluding carboxylic acids is 3. The van der Waals surface area contributed by atoms with Crippen molar-refractivity contribution < 1.29 is 19.1 Å². The van der Waals surface area contributed by atoms with Crippen molar-refractivity contribution in [2.24, 2.45) is 11.7 Å². The number of esters is 1. The van der Waals surface area contributed by atoms with Crippen molar-refractivity contribution in [2.75, 3.05) is 0 Å². The molecule has 0 bridgehead atoms. The maximum absolute atomic E-state index is 12.0. The predicted molar refractivity (Wildman–Crippen MR) is 77.6 cm³/mol. The number of urea groups is 1. The number of ether oxygens (including phenoxy) is 1. The molecule has 0 fully saturated rings. The Morgan fingerprint density at radius 2 is 1.76 bits per heavy atom. The smallest absolute Gasteiger partial charge is 0.338 e. The highest BCUT2D eigenvalue weighted by atomic mass is 16.5. The molecule has 3 amide bonds. The molecule has 3 N–H and O–H groups in total. The number of nitrogens with one attached hydrogen (secondary N) is 1. The summed E-state index contributed by atoms with van der Waals surface area (Å²) in [5, 5.41) is 1.92. The molecule has 0 saturated heterocycles. The third kappa shape index (κ3) is 4.91. The molecule has 21 heavy (non-hydrogen) atoms. The molecule has 0 spiro atoms. The van der Waals surface area contributed by atoms with Crippen LogP contribution in [0.5, 0.6) is 0 Å². The quantitative estimate of drug-likeness (QED) is 0.806. The topological polar surface area (TPSA) is 98.5 Å². The molecule has 0 aromatic heterocycles. The molecule has 114 valence electrons. The number of hydrogen-bond donors (Lipinski definition) is 2. The minimum absolute atomic E-state index is 0.289. The van der Waals surface area contributed by atoms with E-state index in [0.29, 0.717) is 5.56 Å². The fourth-order valence-electron chi connectivity index (χ4n) is 1.74. The van der Waals surface area contributed by atoms with Crippen LogP contribution in [0.15, 0.2) is 24.3 Å². The Hall–Kier alpha value is -2.37. The summed E-state index contributed by atoms with van der Waals surface area (Å²) < 4.78 is 5.18. The second-order valence-corrected chi connectivity index (χ2v) is 4.97. The fourth-order valence-corrected chi connectivity index (χ4v) is 1.74. The highest BCUT2D eigenvalue weighted by Crippen LogP contribution is 2.12. The summed E-state index contributed by atoms with van der Waals surface area (Å²) in [5.41, 5.74) is 6.34. The van der Waals surface area contributed by atoms with E-state index in [2.05, 4.69) is 0 Å². The zero-order chi connectivity index (χ0) is 16.0. The van der Waals surface area contributed by atoms with Crippen LogP contribution in [0.1, 0.15) is 36.7 Å². The van der Waals surface area contributed by atoms with Gasteiger partial charge in [-0.15, -0.1) is 0 Å². The van der Waals surface area contributed by atoms with E-state index < -0.39 is 24.0 Å². The number of aryl methyl sites for hydroxylation is 1. The van der Waals surface area contributed by atoms with Gasteiger partial charge in [-0.3, -0.25) is 10.1 Å². The lowest BCUT2D eigenvalue weighted by Crippen LogP contribution is -2.45. The van der Waals surface area contributed by atoms with Crippen molar-refractivity contribution in [2.45, 2.75) is 33.3 Å². The van der Waals surface area contributed by atoms with Crippen LogP contribution in [0, 0.1) is 5.92 Å². The summed E-state index contributed by atoms with van der Waals surface area (Å²) in [6.45, 7) is 5.42. The number of benzene rings is 1. The number of amides is 3. The van der Waals surface area contributed by atoms with Crippen molar-refractivity contribution >= 4 is 17.9 Å². The number of imide groups is 1. The van der Waals surface area contributed by atoms with E-state index in [4.69, 9.17) is 10.5 Å². The summed E-state index contributed by atoms with van der Waals surface area (Å²) in [4.78, 5) is 34.5. The van der Waals surface area contributed by atoms with Crippen LogP contribution in [0.3, 0.4) is 0 Å². The molecule has 1 aromatic rings. The first-order valence-electron chi connectivity index (χ1n) is 6.75. The molecule has 0 radical (unpaired) electrons. The van der Waals surface area contributed by atoms with Gasteiger partial charge in [-0.25, -0.2) is 9.59 Å². The van der Waals surface area contributed by atoms with Gasteiger partial charge in [0, 0.05) is 0 Å². The Bertz CT molecular complexity index is 523. The van der Waals surface area contributed by atoms with E-state index in [9.17, 15) is 14.4 Å². The molecular formula is C15H20N2O4. The first kappa shape index (κ1) is 16.7. The molecular weight excluding hydrogens is 272 g/mol. The predicted octanol–water partition coefficient (Wildman–Crippen LogP) is 1.63. The van der Waals surface area contributed by atoms with Gasteiger partial charge in [0.25, 0.3) is 5.91 Å². The second kappa shape index (κ2) is 7.42. The lowest BCUT2D eigenvalue weighted by molar-refractivity contribution is -0.130. The van der Waals surface area contributed by atoms with Crippen LogP contribution in [0.4, 0.5) is 4.79 Å². The average molecular weight is 292 g/mol. The third-order valence-corrected chi connectivity index (χ3v) is 2.94. The van der Waals surface area contributed by atoms with Crippen molar-refractivity contribution in [1.29, 1.82) is 0 Å². The molecule has 0 aliphatic carbocycles. The molecule has 0 saturated carbocycles. The lowest BCUT2D eigenvalue weighted by atomic mass is 10.1. The minimum atomic E-state index is -1.07. The Kier molecular flexibility index (Phi) is 5.90. The summed E-state index contributed by atoms with van der Waals surface area (Å²) in [5.74, 6) is -1.63. The van der Waals surface area contributed by atoms with Crippen LogP contribution in [0.25, 0.3) is 0 Å². The summed E-state index contributed by atoms with van der Waals surface area (Å²) in [6, 6.07) is 5.96. The Labute approximate surface area is 123 Å². The zero-order valence-corrected chi connectivity index (χ0v) is 12.4. The van der Waals surface area contributed by atoms with Crippen molar-refractivity contribution in [1.82, 2.24) is 5.32 Å². The van der Waals surface area contributed by atoms with E-state index in [1.165, 1.54) is 0 Å². The van der Waals surface area contributed by atoms with E-state index in [1.54, 1.807) is 26.0 Å². The highest BCUT2D eigenvalue weighted by molar-refractivity contribution is 5.98. The first-order chi connectivity index (χ1) is 9.85. The molecule has 0 heterocycles. The van der Waals surface area contributed by atoms with E-state index >= 15 is 0 Å². The average Bonchev–Trinajstić information content (AvgIpc) is 2.43. The number of carbonyl (C=O) groups is 3. The summed E-state index contributed by atoms with van der Waals surface area (Å²) in [7, 11) is 0.